The molecular formula is C25H24BrNO4. The van der Waals surface area contributed by atoms with Gasteiger partial charge >= 0.3 is 5.97 Å². The number of ether oxygens (including phenoxy) is 1. The Kier molecular flexibility index (Phi) is 7.84. The van der Waals surface area contributed by atoms with Crippen molar-refractivity contribution in [1.29, 1.82) is 0 Å². The topological polar surface area (TPSA) is 66.8 Å². The Morgan fingerprint density at radius 1 is 0.903 bits per heavy atom. The van der Waals surface area contributed by atoms with Crippen LogP contribution >= 0.6 is 15.9 Å². The first-order chi connectivity index (χ1) is 15.0. The maximum atomic E-state index is 13.2. The molecule has 6 heteroatoms. The number of benzene rings is 3. The molecule has 31 heavy (non-hydrogen) atoms. The zero-order valence-corrected chi connectivity index (χ0v) is 18.8. The zero-order chi connectivity index (χ0) is 22.2. The van der Waals surface area contributed by atoms with E-state index in [9.17, 15) is 14.7 Å². The monoisotopic (exact) mass is 481 g/mol. The number of amides is 1. The van der Waals surface area contributed by atoms with E-state index in [0.717, 1.165) is 17.5 Å². The quantitative estimate of drug-likeness (QED) is 0.449. The highest BCUT2D eigenvalue weighted by Crippen LogP contribution is 2.29. The third-order valence-corrected chi connectivity index (χ3v) is 5.59. The fraction of sp³-hybridized carbons (Fsp3) is 0.200. The van der Waals surface area contributed by atoms with E-state index in [0.29, 0.717) is 17.6 Å². The predicted octanol–water partition coefficient (Wildman–Crippen LogP) is 5.32. The van der Waals surface area contributed by atoms with Gasteiger partial charge in [0.05, 0.1) is 4.47 Å². The summed E-state index contributed by atoms with van der Waals surface area (Å²) in [5, 5.41) is 9.42. The van der Waals surface area contributed by atoms with Gasteiger partial charge in [0, 0.05) is 13.1 Å². The smallest absolute Gasteiger partial charge is 0.339 e. The van der Waals surface area contributed by atoms with E-state index in [2.05, 4.69) is 28.9 Å². The van der Waals surface area contributed by atoms with E-state index in [-0.39, 0.29) is 23.8 Å². The van der Waals surface area contributed by atoms with Crippen LogP contribution in [-0.2, 0) is 24.3 Å². The average Bonchev–Trinajstić information content (AvgIpc) is 2.78. The van der Waals surface area contributed by atoms with Gasteiger partial charge in [-0.1, -0.05) is 67.6 Å². The van der Waals surface area contributed by atoms with E-state index in [1.54, 1.807) is 17.0 Å². The molecule has 0 aromatic heterocycles. The molecule has 5 nitrogen and oxygen atoms in total. The minimum absolute atomic E-state index is 0.00751. The van der Waals surface area contributed by atoms with Crippen molar-refractivity contribution >= 4 is 27.8 Å². The Hall–Kier alpha value is -3.12. The van der Waals surface area contributed by atoms with E-state index >= 15 is 0 Å². The molecule has 3 rings (SSSR count). The molecule has 0 fully saturated rings. The van der Waals surface area contributed by atoms with Gasteiger partial charge in [-0.25, -0.2) is 4.79 Å². The largest absolute Gasteiger partial charge is 0.482 e. The summed E-state index contributed by atoms with van der Waals surface area (Å²) in [4.78, 5) is 26.4. The zero-order valence-electron chi connectivity index (χ0n) is 17.3. The van der Waals surface area contributed by atoms with Gasteiger partial charge in [-0.2, -0.15) is 0 Å². The number of carbonyl (C=O) groups excluding carboxylic acids is 1. The second-order valence-electron chi connectivity index (χ2n) is 7.07. The van der Waals surface area contributed by atoms with E-state index in [4.69, 9.17) is 4.74 Å². The molecule has 0 aliphatic heterocycles. The number of hydrogen-bond donors (Lipinski definition) is 1. The van der Waals surface area contributed by atoms with Crippen LogP contribution in [0.4, 0.5) is 0 Å². The number of hydrogen-bond acceptors (Lipinski definition) is 3. The van der Waals surface area contributed by atoms with Gasteiger partial charge in [0.1, 0.15) is 11.3 Å². The highest BCUT2D eigenvalue weighted by molar-refractivity contribution is 9.10. The summed E-state index contributed by atoms with van der Waals surface area (Å²) < 4.78 is 6.18. The summed E-state index contributed by atoms with van der Waals surface area (Å²) >= 11 is 3.32. The molecule has 1 N–H and O–H groups in total. The average molecular weight is 482 g/mol. The van der Waals surface area contributed by atoms with Crippen LogP contribution in [0.3, 0.4) is 0 Å². The van der Waals surface area contributed by atoms with Crippen molar-refractivity contribution in [3.05, 3.63) is 99.5 Å². The number of carboxylic acid groups (broad SMARTS) is 1. The molecule has 1 amide bonds. The van der Waals surface area contributed by atoms with Gasteiger partial charge < -0.3 is 14.7 Å². The number of para-hydroxylation sites is 1. The van der Waals surface area contributed by atoms with Crippen LogP contribution in [-0.4, -0.2) is 28.5 Å². The Morgan fingerprint density at radius 3 is 2.26 bits per heavy atom. The molecule has 160 valence electrons. The van der Waals surface area contributed by atoms with Crippen molar-refractivity contribution in [1.82, 2.24) is 4.90 Å². The van der Waals surface area contributed by atoms with Crippen molar-refractivity contribution in [3.8, 4) is 5.75 Å². The molecule has 0 radical (unpaired) electrons. The fourth-order valence-corrected chi connectivity index (χ4v) is 3.83. The molecule has 0 unspecified atom stereocenters. The molecule has 0 saturated carbocycles. The first kappa shape index (κ1) is 22.6. The van der Waals surface area contributed by atoms with Crippen LogP contribution in [0, 0.1) is 0 Å². The molecule has 0 bridgehead atoms. The summed E-state index contributed by atoms with van der Waals surface area (Å²) in [6.45, 7) is 2.71. The summed E-state index contributed by atoms with van der Waals surface area (Å²) in [7, 11) is 0. The molecular weight excluding hydrogens is 458 g/mol. The third kappa shape index (κ3) is 5.95. The number of aryl methyl sites for hydroxylation is 1. The first-order valence-corrected chi connectivity index (χ1v) is 10.8. The second kappa shape index (κ2) is 10.8. The van der Waals surface area contributed by atoms with Gasteiger partial charge in [0.2, 0.25) is 0 Å². The van der Waals surface area contributed by atoms with Crippen LogP contribution in [0.2, 0.25) is 0 Å². The molecule has 0 spiro atoms. The molecule has 3 aromatic rings. The van der Waals surface area contributed by atoms with Crippen molar-refractivity contribution < 1.29 is 19.4 Å². The summed E-state index contributed by atoms with van der Waals surface area (Å²) in [5.41, 5.74) is 3.29. The van der Waals surface area contributed by atoms with E-state index in [1.807, 2.05) is 48.5 Å². The maximum Gasteiger partial charge on any atom is 0.339 e. The summed E-state index contributed by atoms with van der Waals surface area (Å²) in [5.74, 6) is -1.18. The van der Waals surface area contributed by atoms with Gasteiger partial charge in [-0.15, -0.1) is 0 Å². The minimum Gasteiger partial charge on any atom is -0.482 e. The number of nitrogens with zero attached hydrogens (tertiary/aromatic N) is 1. The lowest BCUT2D eigenvalue weighted by Gasteiger charge is -2.24. The van der Waals surface area contributed by atoms with Gasteiger partial charge in [0.25, 0.3) is 5.91 Å². The van der Waals surface area contributed by atoms with Crippen molar-refractivity contribution in [3.63, 3.8) is 0 Å². The fourth-order valence-electron chi connectivity index (χ4n) is 3.35. The predicted molar refractivity (Wildman–Crippen MR) is 123 cm³/mol. The van der Waals surface area contributed by atoms with Crippen molar-refractivity contribution in [2.24, 2.45) is 0 Å². The molecule has 0 aliphatic carbocycles. The number of halogens is 1. The summed E-state index contributed by atoms with van der Waals surface area (Å²) in [6, 6.07) is 22.6. The van der Waals surface area contributed by atoms with Crippen molar-refractivity contribution in [2.75, 3.05) is 6.61 Å². The van der Waals surface area contributed by atoms with Gasteiger partial charge in [0.15, 0.2) is 6.61 Å². The molecule has 0 heterocycles. The number of carboxylic acids is 1. The summed E-state index contributed by atoms with van der Waals surface area (Å²) in [6.07, 6.45) is 0.874. The normalized spacial score (nSPS) is 10.5. The van der Waals surface area contributed by atoms with Crippen LogP contribution < -0.4 is 4.74 Å². The Labute approximate surface area is 190 Å². The van der Waals surface area contributed by atoms with E-state index in [1.165, 1.54) is 11.6 Å². The number of rotatable bonds is 9. The molecule has 3 aromatic carbocycles. The Balaban J connectivity index is 1.82. The third-order valence-electron chi connectivity index (χ3n) is 4.97. The van der Waals surface area contributed by atoms with Crippen LogP contribution in [0.15, 0.2) is 77.3 Å². The lowest BCUT2D eigenvalue weighted by atomic mass is 10.0. The second-order valence-corrected chi connectivity index (χ2v) is 7.92. The van der Waals surface area contributed by atoms with Crippen molar-refractivity contribution in [2.45, 2.75) is 26.4 Å². The highest BCUT2D eigenvalue weighted by Gasteiger charge is 2.20. The standard InChI is InChI=1S/C25H24BrNO4/c1-2-19-11-6-7-12-20(19)16-27(15-18-9-4-3-5-10-18)23(28)17-31-24-21(25(29)30)13-8-14-22(24)26/h3-14H,2,15-17H2,1H3,(H,29,30). The lowest BCUT2D eigenvalue weighted by molar-refractivity contribution is -0.134. The SMILES string of the molecule is CCc1ccccc1CN(Cc1ccccc1)C(=O)COc1c(Br)cccc1C(=O)O. The molecule has 0 saturated heterocycles. The minimum atomic E-state index is -1.11. The molecule has 0 atom stereocenters. The highest BCUT2D eigenvalue weighted by atomic mass is 79.9. The Bertz CT molecular complexity index is 1050. The first-order valence-electron chi connectivity index (χ1n) is 10.0. The van der Waals surface area contributed by atoms with Gasteiger partial charge in [-0.3, -0.25) is 4.79 Å². The van der Waals surface area contributed by atoms with E-state index < -0.39 is 5.97 Å². The maximum absolute atomic E-state index is 13.2. The lowest BCUT2D eigenvalue weighted by Crippen LogP contribution is -2.34. The van der Waals surface area contributed by atoms with Crippen LogP contribution in [0.5, 0.6) is 5.75 Å². The Morgan fingerprint density at radius 2 is 1.58 bits per heavy atom. The number of aromatic carboxylic acids is 1. The number of carbonyl (C=O) groups is 2. The van der Waals surface area contributed by atoms with Crippen LogP contribution in [0.1, 0.15) is 34.0 Å². The van der Waals surface area contributed by atoms with Gasteiger partial charge in [-0.05, 0) is 51.2 Å². The molecule has 0 aliphatic rings. The van der Waals surface area contributed by atoms with Crippen LogP contribution in [0.25, 0.3) is 0 Å².